The van der Waals surface area contributed by atoms with Crippen LogP contribution >= 0.6 is 0 Å². The van der Waals surface area contributed by atoms with Gasteiger partial charge < -0.3 is 10.6 Å². The number of carbonyl (C=O) groups excluding carboxylic acids is 1. The molecule has 2 aromatic carbocycles. The molecule has 0 fully saturated rings. The van der Waals surface area contributed by atoms with E-state index in [1.165, 1.54) is 17.2 Å². The number of hydrogen-bond donors (Lipinski definition) is 2. The molecule has 0 radical (unpaired) electrons. The highest BCUT2D eigenvalue weighted by Gasteiger charge is 2.21. The number of quaternary nitrogens is 1. The maximum Gasteiger partial charge on any atom is 0.279 e. The Morgan fingerprint density at radius 2 is 1.54 bits per heavy atom. The highest BCUT2D eigenvalue weighted by atomic mass is 32.2. The summed E-state index contributed by atoms with van der Waals surface area (Å²) in [6, 6.07) is 15.2. The van der Waals surface area contributed by atoms with E-state index in [9.17, 15) is 13.2 Å². The molecule has 0 saturated carbocycles. The summed E-state index contributed by atoms with van der Waals surface area (Å²) in [7, 11) is -3.40. The van der Waals surface area contributed by atoms with Crippen LogP contribution in [0.2, 0.25) is 0 Å². The van der Waals surface area contributed by atoms with Crippen LogP contribution < -0.4 is 10.6 Å². The minimum absolute atomic E-state index is 0.132. The van der Waals surface area contributed by atoms with Crippen molar-refractivity contribution in [1.82, 2.24) is 0 Å². The first-order valence-electron chi connectivity index (χ1n) is 9.61. The number of hydrogen-bond acceptors (Lipinski definition) is 3. The van der Waals surface area contributed by atoms with Crippen LogP contribution in [-0.4, -0.2) is 27.1 Å². The van der Waals surface area contributed by atoms with Crippen molar-refractivity contribution < 1.29 is 18.5 Å². The molecular weight excluding hydrogens is 372 g/mol. The molecule has 0 aliphatic heterocycles. The number of carbonyl (C=O) groups is 1. The molecule has 0 aromatic heterocycles. The summed E-state index contributed by atoms with van der Waals surface area (Å²) in [5.74, 6) is 0.609. The largest absolute Gasteiger partial charge is 0.332 e. The van der Waals surface area contributed by atoms with Gasteiger partial charge in [-0.05, 0) is 23.6 Å². The standard InChI is InChI=1S/C22H30N2O3S/c1-15(2)17-10-12-18(13-11-17)22(16(3)4)23-14-21(25)24-19-8-6-7-9-20(19)28(5,26)27/h6-13,15-16,22-23H,14H2,1-5H3,(H,24,25)/p+1/t22-/m1/s1. The van der Waals surface area contributed by atoms with Crippen molar-refractivity contribution in [3.05, 3.63) is 59.7 Å². The highest BCUT2D eigenvalue weighted by Crippen LogP contribution is 2.22. The Morgan fingerprint density at radius 1 is 0.964 bits per heavy atom. The Balaban J connectivity index is 2.07. The normalized spacial score (nSPS) is 13.0. The molecule has 3 N–H and O–H groups in total. The van der Waals surface area contributed by atoms with Gasteiger partial charge in [-0.3, -0.25) is 4.79 Å². The zero-order valence-electron chi connectivity index (χ0n) is 17.3. The quantitative estimate of drug-likeness (QED) is 0.711. The van der Waals surface area contributed by atoms with E-state index in [-0.39, 0.29) is 23.4 Å². The summed E-state index contributed by atoms with van der Waals surface area (Å²) in [6.45, 7) is 8.81. The average Bonchev–Trinajstić information content (AvgIpc) is 2.61. The van der Waals surface area contributed by atoms with E-state index in [0.29, 0.717) is 17.5 Å². The van der Waals surface area contributed by atoms with Gasteiger partial charge in [0.25, 0.3) is 5.91 Å². The van der Waals surface area contributed by atoms with Crippen molar-refractivity contribution in [2.24, 2.45) is 5.92 Å². The predicted octanol–water partition coefficient (Wildman–Crippen LogP) is 3.11. The van der Waals surface area contributed by atoms with Crippen LogP contribution in [0.25, 0.3) is 0 Å². The van der Waals surface area contributed by atoms with E-state index in [1.54, 1.807) is 18.2 Å². The fraction of sp³-hybridized carbons (Fsp3) is 0.409. The number of para-hydroxylation sites is 1. The Labute approximate surface area is 168 Å². The second kappa shape index (κ2) is 9.34. The highest BCUT2D eigenvalue weighted by molar-refractivity contribution is 7.90. The van der Waals surface area contributed by atoms with Gasteiger partial charge in [0.15, 0.2) is 16.4 Å². The summed E-state index contributed by atoms with van der Waals surface area (Å²) >= 11 is 0. The first kappa shape index (κ1) is 22.1. The molecule has 0 aliphatic carbocycles. The zero-order valence-corrected chi connectivity index (χ0v) is 18.1. The third-order valence-corrected chi connectivity index (χ3v) is 5.98. The van der Waals surface area contributed by atoms with Crippen molar-refractivity contribution >= 4 is 21.4 Å². The van der Waals surface area contributed by atoms with E-state index in [4.69, 9.17) is 0 Å². The lowest BCUT2D eigenvalue weighted by atomic mass is 9.93. The van der Waals surface area contributed by atoms with Gasteiger partial charge >= 0.3 is 0 Å². The molecule has 2 rings (SSSR count). The van der Waals surface area contributed by atoms with E-state index in [1.807, 2.05) is 5.32 Å². The van der Waals surface area contributed by atoms with Gasteiger partial charge in [0.2, 0.25) is 0 Å². The molecule has 1 atom stereocenters. The lowest BCUT2D eigenvalue weighted by molar-refractivity contribution is -0.692. The maximum absolute atomic E-state index is 12.5. The van der Waals surface area contributed by atoms with Gasteiger partial charge in [-0.1, -0.05) is 64.1 Å². The number of amides is 1. The summed E-state index contributed by atoms with van der Waals surface area (Å²) in [5.41, 5.74) is 2.80. The van der Waals surface area contributed by atoms with Gasteiger partial charge in [-0.15, -0.1) is 0 Å². The Kier molecular flexibility index (Phi) is 7.38. The number of sulfone groups is 1. The van der Waals surface area contributed by atoms with Crippen LogP contribution in [0.3, 0.4) is 0 Å². The lowest BCUT2D eigenvalue weighted by Crippen LogP contribution is -2.88. The van der Waals surface area contributed by atoms with Crippen molar-refractivity contribution in [3.8, 4) is 0 Å². The van der Waals surface area contributed by atoms with Crippen molar-refractivity contribution in [2.45, 2.75) is 44.6 Å². The number of benzene rings is 2. The molecule has 152 valence electrons. The minimum Gasteiger partial charge on any atom is -0.332 e. The van der Waals surface area contributed by atoms with Gasteiger partial charge in [0.05, 0.1) is 10.6 Å². The second-order valence-corrected chi connectivity index (χ2v) is 9.83. The van der Waals surface area contributed by atoms with Crippen LogP contribution in [0, 0.1) is 5.92 Å². The Hall–Kier alpha value is -2.18. The molecular formula is C22H31N2O3S+. The number of nitrogens with two attached hydrogens (primary N) is 1. The third-order valence-electron chi connectivity index (χ3n) is 4.82. The molecule has 0 aliphatic rings. The van der Waals surface area contributed by atoms with Crippen LogP contribution in [-0.2, 0) is 14.6 Å². The number of anilines is 1. The molecule has 0 spiro atoms. The van der Waals surface area contributed by atoms with E-state index < -0.39 is 9.84 Å². The van der Waals surface area contributed by atoms with E-state index >= 15 is 0 Å². The summed E-state index contributed by atoms with van der Waals surface area (Å²) in [4.78, 5) is 12.6. The molecule has 0 bridgehead atoms. The van der Waals surface area contributed by atoms with Crippen LogP contribution in [0.4, 0.5) is 5.69 Å². The van der Waals surface area contributed by atoms with Gasteiger partial charge in [0, 0.05) is 17.7 Å². The molecule has 28 heavy (non-hydrogen) atoms. The molecule has 2 aromatic rings. The van der Waals surface area contributed by atoms with Crippen molar-refractivity contribution in [2.75, 3.05) is 18.1 Å². The van der Waals surface area contributed by atoms with Crippen LogP contribution in [0.1, 0.15) is 50.8 Å². The Bertz CT molecular complexity index is 904. The molecule has 0 unspecified atom stereocenters. The fourth-order valence-electron chi connectivity index (χ4n) is 3.22. The van der Waals surface area contributed by atoms with Crippen LogP contribution in [0.5, 0.6) is 0 Å². The zero-order chi connectivity index (χ0) is 20.9. The van der Waals surface area contributed by atoms with Crippen LogP contribution in [0.15, 0.2) is 53.4 Å². The Morgan fingerprint density at radius 3 is 2.07 bits per heavy atom. The summed E-state index contributed by atoms with van der Waals surface area (Å²) < 4.78 is 23.8. The van der Waals surface area contributed by atoms with Crippen molar-refractivity contribution in [1.29, 1.82) is 0 Å². The smallest absolute Gasteiger partial charge is 0.279 e. The van der Waals surface area contributed by atoms with E-state index in [2.05, 4.69) is 57.3 Å². The first-order chi connectivity index (χ1) is 13.1. The minimum atomic E-state index is -3.40. The maximum atomic E-state index is 12.5. The second-order valence-electron chi connectivity index (χ2n) is 7.85. The molecule has 0 heterocycles. The average molecular weight is 404 g/mol. The monoisotopic (exact) mass is 403 g/mol. The fourth-order valence-corrected chi connectivity index (χ4v) is 4.07. The first-order valence-corrected chi connectivity index (χ1v) is 11.5. The third kappa shape index (κ3) is 5.91. The molecule has 0 saturated heterocycles. The van der Waals surface area contributed by atoms with Crippen molar-refractivity contribution in [3.63, 3.8) is 0 Å². The summed E-state index contributed by atoms with van der Waals surface area (Å²) in [5, 5.41) is 4.74. The SMILES string of the molecule is CC(C)c1ccc([C@H]([NH2+]CC(=O)Nc2ccccc2S(C)(=O)=O)C(C)C)cc1. The summed E-state index contributed by atoms with van der Waals surface area (Å²) in [6.07, 6.45) is 1.14. The molecule has 5 nitrogen and oxygen atoms in total. The molecule has 6 heteroatoms. The van der Waals surface area contributed by atoms with Gasteiger partial charge in [-0.25, -0.2) is 8.42 Å². The topological polar surface area (TPSA) is 79.8 Å². The number of rotatable bonds is 8. The number of nitrogens with one attached hydrogen (secondary N) is 1. The predicted molar refractivity (Wildman–Crippen MR) is 113 cm³/mol. The molecule has 1 amide bonds. The van der Waals surface area contributed by atoms with E-state index in [0.717, 1.165) is 6.26 Å². The lowest BCUT2D eigenvalue weighted by Gasteiger charge is -2.20. The van der Waals surface area contributed by atoms with Gasteiger partial charge in [-0.2, -0.15) is 0 Å². The van der Waals surface area contributed by atoms with Gasteiger partial charge in [0.1, 0.15) is 6.04 Å².